The van der Waals surface area contributed by atoms with Crippen LogP contribution in [0.4, 0.5) is 10.2 Å². The van der Waals surface area contributed by atoms with Crippen LogP contribution in [0.3, 0.4) is 0 Å². The highest BCUT2D eigenvalue weighted by Gasteiger charge is 2.45. The van der Waals surface area contributed by atoms with Crippen LogP contribution in [0.15, 0.2) is 42.6 Å². The summed E-state index contributed by atoms with van der Waals surface area (Å²) < 4.78 is 23.0. The molecule has 7 nitrogen and oxygen atoms in total. The van der Waals surface area contributed by atoms with E-state index in [9.17, 15) is 0 Å². The number of halogens is 1. The van der Waals surface area contributed by atoms with Gasteiger partial charge in [0, 0.05) is 37.9 Å². The highest BCUT2D eigenvalue weighted by molar-refractivity contribution is 6.00. The second-order valence-corrected chi connectivity index (χ2v) is 12.3. The van der Waals surface area contributed by atoms with Crippen LogP contribution in [0.25, 0.3) is 32.9 Å². The van der Waals surface area contributed by atoms with Crippen LogP contribution >= 0.6 is 0 Å². The van der Waals surface area contributed by atoms with Crippen LogP contribution in [0.5, 0.6) is 6.01 Å². The van der Waals surface area contributed by atoms with Crippen LogP contribution < -0.4 is 15.0 Å². The molecule has 2 atom stereocenters. The van der Waals surface area contributed by atoms with E-state index in [1.165, 1.54) is 12.8 Å². The number of pyridine rings is 1. The molecule has 40 heavy (non-hydrogen) atoms. The van der Waals surface area contributed by atoms with Crippen molar-refractivity contribution in [2.75, 3.05) is 50.8 Å². The van der Waals surface area contributed by atoms with E-state index >= 15 is 4.39 Å². The van der Waals surface area contributed by atoms with Crippen molar-refractivity contribution in [2.45, 2.75) is 38.1 Å². The van der Waals surface area contributed by atoms with E-state index in [1.807, 2.05) is 18.2 Å². The number of aryl methyl sites for hydroxylation is 1. The predicted molar refractivity (Wildman–Crippen MR) is 155 cm³/mol. The average Bonchev–Trinajstić information content (AvgIpc) is 3.73. The minimum Gasteiger partial charge on any atom is -0.461 e. The number of rotatable bonds is 5. The standard InChI is InChI=1S/C32H35FN6O/c1-20-6-2-7-21-8-3-9-24(26(20)21)28-27(33)29-25(16-35-28)30(38-17-22-14-34-15-23(22)18-38)37-31(36-29)40-19-32-10-4-12-39(32)13-5-11-32/h2-3,6-9,16,22-23,34H,4-5,10-15,17-19H2,1H3/t22-,23+. The Labute approximate surface area is 233 Å². The summed E-state index contributed by atoms with van der Waals surface area (Å²) in [5, 5.41) is 6.25. The Morgan fingerprint density at radius 1 is 1.02 bits per heavy atom. The third-order valence-electron chi connectivity index (χ3n) is 9.98. The first kappa shape index (κ1) is 24.4. The maximum Gasteiger partial charge on any atom is 0.319 e. The molecule has 8 heteroatoms. The molecule has 0 radical (unpaired) electrons. The number of benzene rings is 2. The van der Waals surface area contributed by atoms with Crippen molar-refractivity contribution in [2.24, 2.45) is 11.8 Å². The van der Waals surface area contributed by atoms with Crippen molar-refractivity contribution < 1.29 is 9.13 Å². The molecule has 206 valence electrons. The van der Waals surface area contributed by atoms with Gasteiger partial charge in [-0.05, 0) is 73.9 Å². The van der Waals surface area contributed by atoms with Gasteiger partial charge < -0.3 is 15.0 Å². The molecular weight excluding hydrogens is 503 g/mol. The summed E-state index contributed by atoms with van der Waals surface area (Å²) in [5.74, 6) is 1.49. The number of anilines is 1. The monoisotopic (exact) mass is 538 g/mol. The zero-order chi connectivity index (χ0) is 26.8. The molecule has 0 spiro atoms. The maximum atomic E-state index is 16.6. The third-order valence-corrected chi connectivity index (χ3v) is 9.98. The lowest BCUT2D eigenvalue weighted by molar-refractivity contribution is 0.108. The molecule has 0 unspecified atom stereocenters. The van der Waals surface area contributed by atoms with Gasteiger partial charge in [-0.25, -0.2) is 4.39 Å². The molecule has 8 rings (SSSR count). The Hall–Kier alpha value is -3.36. The first-order valence-corrected chi connectivity index (χ1v) is 14.8. The Balaban J connectivity index is 1.25. The van der Waals surface area contributed by atoms with E-state index in [1.54, 1.807) is 6.20 Å². The van der Waals surface area contributed by atoms with Crippen molar-refractivity contribution >= 4 is 27.5 Å². The molecule has 2 aromatic carbocycles. The van der Waals surface area contributed by atoms with Crippen molar-refractivity contribution in [1.82, 2.24) is 25.2 Å². The van der Waals surface area contributed by atoms with Crippen LogP contribution in [0.2, 0.25) is 0 Å². The largest absolute Gasteiger partial charge is 0.461 e. The van der Waals surface area contributed by atoms with E-state index in [0.717, 1.165) is 79.8 Å². The zero-order valence-electron chi connectivity index (χ0n) is 23.0. The molecule has 0 aliphatic carbocycles. The number of nitrogens with zero attached hydrogens (tertiary/aromatic N) is 5. The smallest absolute Gasteiger partial charge is 0.319 e. The van der Waals surface area contributed by atoms with Gasteiger partial charge in [0.1, 0.15) is 23.6 Å². The SMILES string of the molecule is Cc1cccc2cccc(-c3ncc4c(N5C[C@H]6CNC[C@H]6C5)nc(OCC56CCCN5CCC6)nc4c3F)c12. The highest BCUT2D eigenvalue weighted by Crippen LogP contribution is 2.41. The summed E-state index contributed by atoms with van der Waals surface area (Å²) in [6, 6.07) is 12.4. The Bertz CT molecular complexity index is 1600. The molecule has 4 fully saturated rings. The lowest BCUT2D eigenvalue weighted by Gasteiger charge is -2.31. The number of aromatic nitrogens is 3. The Kier molecular flexibility index (Phi) is 5.71. The van der Waals surface area contributed by atoms with Gasteiger partial charge in [-0.2, -0.15) is 9.97 Å². The van der Waals surface area contributed by atoms with Gasteiger partial charge in [0.2, 0.25) is 0 Å². The Morgan fingerprint density at radius 2 is 1.77 bits per heavy atom. The quantitative estimate of drug-likeness (QED) is 0.386. The summed E-state index contributed by atoms with van der Waals surface area (Å²) in [4.78, 5) is 19.2. The van der Waals surface area contributed by atoms with Gasteiger partial charge >= 0.3 is 6.01 Å². The third kappa shape index (κ3) is 3.79. The molecule has 0 bridgehead atoms. The zero-order valence-corrected chi connectivity index (χ0v) is 23.0. The second-order valence-electron chi connectivity index (χ2n) is 12.3. The topological polar surface area (TPSA) is 66.4 Å². The molecule has 4 aliphatic heterocycles. The summed E-state index contributed by atoms with van der Waals surface area (Å²) in [6.45, 7) is 8.70. The van der Waals surface area contributed by atoms with Gasteiger partial charge in [0.05, 0.1) is 10.9 Å². The number of nitrogens with one attached hydrogen (secondary N) is 1. The van der Waals surface area contributed by atoms with Gasteiger partial charge in [-0.3, -0.25) is 9.88 Å². The van der Waals surface area contributed by atoms with Gasteiger partial charge in [0.15, 0.2) is 5.82 Å². The number of ether oxygens (including phenoxy) is 1. The van der Waals surface area contributed by atoms with Crippen molar-refractivity contribution in [1.29, 1.82) is 0 Å². The summed E-state index contributed by atoms with van der Waals surface area (Å²) in [6.07, 6.45) is 6.44. The van der Waals surface area contributed by atoms with Crippen LogP contribution in [0.1, 0.15) is 31.2 Å². The van der Waals surface area contributed by atoms with Crippen molar-refractivity contribution in [3.05, 3.63) is 54.0 Å². The number of fused-ring (bicyclic) bond motifs is 4. The fourth-order valence-corrected chi connectivity index (χ4v) is 7.93. The lowest BCUT2D eigenvalue weighted by atomic mass is 9.95. The maximum absolute atomic E-state index is 16.6. The molecule has 1 N–H and O–H groups in total. The van der Waals surface area contributed by atoms with Crippen molar-refractivity contribution in [3.8, 4) is 17.3 Å². The molecule has 2 aromatic heterocycles. The van der Waals surface area contributed by atoms with Crippen LogP contribution in [0, 0.1) is 24.6 Å². The highest BCUT2D eigenvalue weighted by atomic mass is 19.1. The van der Waals surface area contributed by atoms with Gasteiger partial charge in [0.25, 0.3) is 0 Å². The average molecular weight is 539 g/mol. The predicted octanol–water partition coefficient (Wildman–Crippen LogP) is 4.96. The fraction of sp³-hybridized carbons (Fsp3) is 0.469. The molecule has 6 heterocycles. The van der Waals surface area contributed by atoms with E-state index in [-0.39, 0.29) is 17.1 Å². The first-order valence-electron chi connectivity index (χ1n) is 14.8. The minimum atomic E-state index is -0.413. The summed E-state index contributed by atoms with van der Waals surface area (Å²) >= 11 is 0. The molecule has 4 saturated heterocycles. The van der Waals surface area contributed by atoms with E-state index in [0.29, 0.717) is 29.5 Å². The van der Waals surface area contributed by atoms with E-state index in [2.05, 4.69) is 40.2 Å². The van der Waals surface area contributed by atoms with Crippen LogP contribution in [-0.4, -0.2) is 71.3 Å². The van der Waals surface area contributed by atoms with Gasteiger partial charge in [-0.15, -0.1) is 0 Å². The summed E-state index contributed by atoms with van der Waals surface area (Å²) in [7, 11) is 0. The second kappa shape index (κ2) is 9.35. The van der Waals surface area contributed by atoms with E-state index in [4.69, 9.17) is 19.7 Å². The molecule has 0 amide bonds. The fourth-order valence-electron chi connectivity index (χ4n) is 7.93. The minimum absolute atomic E-state index is 0.0667. The lowest BCUT2D eigenvalue weighted by Crippen LogP contribution is -2.43. The number of hydrogen-bond donors (Lipinski definition) is 1. The number of hydrogen-bond acceptors (Lipinski definition) is 7. The van der Waals surface area contributed by atoms with Gasteiger partial charge in [-0.1, -0.05) is 36.4 Å². The Morgan fingerprint density at radius 3 is 2.55 bits per heavy atom. The molecule has 4 aliphatic rings. The molecule has 4 aromatic rings. The van der Waals surface area contributed by atoms with Crippen LogP contribution in [-0.2, 0) is 0 Å². The summed E-state index contributed by atoms with van der Waals surface area (Å²) in [5.41, 5.74) is 2.55. The molecule has 0 saturated carbocycles. The normalized spacial score (nSPS) is 23.8. The molecular formula is C32H35FN6O. The first-order chi connectivity index (χ1) is 19.6. The van der Waals surface area contributed by atoms with E-state index < -0.39 is 5.82 Å². The van der Waals surface area contributed by atoms with Crippen molar-refractivity contribution in [3.63, 3.8) is 0 Å².